The Morgan fingerprint density at radius 3 is 2.42 bits per heavy atom. The van der Waals surface area contributed by atoms with E-state index < -0.39 is 0 Å². The summed E-state index contributed by atoms with van der Waals surface area (Å²) < 4.78 is 0. The second-order valence-electron chi connectivity index (χ2n) is 7.62. The van der Waals surface area contributed by atoms with Gasteiger partial charge in [0.1, 0.15) is 5.84 Å². The molecule has 4 nitrogen and oxygen atoms in total. The molecule has 2 fully saturated rings. The summed E-state index contributed by atoms with van der Waals surface area (Å²) in [6.07, 6.45) is 4.22. The van der Waals surface area contributed by atoms with Gasteiger partial charge in [-0.3, -0.25) is 0 Å². The lowest BCUT2D eigenvalue weighted by Crippen LogP contribution is -2.60. The predicted octanol–water partition coefficient (Wildman–Crippen LogP) is 4.20. The maximum Gasteiger partial charge on any atom is 0.129 e. The van der Waals surface area contributed by atoms with E-state index in [4.69, 9.17) is 16.6 Å². The Kier molecular flexibility index (Phi) is 3.73. The van der Waals surface area contributed by atoms with Crippen molar-refractivity contribution in [3.63, 3.8) is 0 Å². The van der Waals surface area contributed by atoms with Crippen molar-refractivity contribution in [1.82, 2.24) is 10.6 Å². The Balaban J connectivity index is 1.55. The molecule has 1 aliphatic carbocycles. The van der Waals surface area contributed by atoms with E-state index in [0.717, 1.165) is 61.0 Å². The molecule has 0 atom stereocenters. The fourth-order valence-electron chi connectivity index (χ4n) is 4.25. The number of halogens is 1. The largest absolute Gasteiger partial charge is 0.371 e. The summed E-state index contributed by atoms with van der Waals surface area (Å²) in [5, 5.41) is 12.0. The van der Waals surface area contributed by atoms with Crippen LogP contribution in [-0.4, -0.2) is 24.5 Å². The Bertz CT molecular complexity index is 866. The summed E-state index contributed by atoms with van der Waals surface area (Å²) in [5.74, 6) is 1.06. The molecular weight excluding hydrogens is 344 g/mol. The number of nitrogens with zero attached hydrogens (tertiary/aromatic N) is 1. The fourth-order valence-corrected chi connectivity index (χ4v) is 4.56. The molecule has 1 spiro atoms. The summed E-state index contributed by atoms with van der Waals surface area (Å²) in [5.41, 5.74) is 3.11. The van der Waals surface area contributed by atoms with E-state index >= 15 is 0 Å². The zero-order valence-corrected chi connectivity index (χ0v) is 15.4. The molecule has 1 saturated carbocycles. The number of benzene rings is 2. The predicted molar refractivity (Wildman–Crippen MR) is 107 cm³/mol. The van der Waals surface area contributed by atoms with Gasteiger partial charge in [-0.1, -0.05) is 41.9 Å². The first kappa shape index (κ1) is 16.2. The second kappa shape index (κ2) is 6.00. The van der Waals surface area contributed by atoms with Crippen LogP contribution in [0.2, 0.25) is 5.02 Å². The summed E-state index contributed by atoms with van der Waals surface area (Å²) >= 11 is 6.52. The highest BCUT2D eigenvalue weighted by Crippen LogP contribution is 2.49. The van der Waals surface area contributed by atoms with Gasteiger partial charge < -0.3 is 16.0 Å². The van der Waals surface area contributed by atoms with Gasteiger partial charge in [-0.15, -0.1) is 0 Å². The van der Waals surface area contributed by atoms with E-state index in [-0.39, 0.29) is 11.1 Å². The number of hydrogen-bond acceptors (Lipinski definition) is 4. The second-order valence-corrected chi connectivity index (χ2v) is 8.03. The summed E-state index contributed by atoms with van der Waals surface area (Å²) in [7, 11) is 0. The Morgan fingerprint density at radius 1 is 0.923 bits per heavy atom. The molecule has 2 aliphatic heterocycles. The van der Waals surface area contributed by atoms with Gasteiger partial charge in [0.15, 0.2) is 0 Å². The average Bonchev–Trinajstić information content (AvgIpc) is 3.44. The Labute approximate surface area is 159 Å². The smallest absolute Gasteiger partial charge is 0.129 e. The number of amidine groups is 1. The Morgan fingerprint density at radius 2 is 1.65 bits per heavy atom. The molecule has 2 aromatic rings. The van der Waals surface area contributed by atoms with Crippen LogP contribution in [-0.2, 0) is 5.54 Å². The summed E-state index contributed by atoms with van der Waals surface area (Å²) in [4.78, 5) is 5.07. The van der Waals surface area contributed by atoms with Gasteiger partial charge in [0, 0.05) is 5.02 Å². The lowest BCUT2D eigenvalue weighted by atomic mass is 9.84. The van der Waals surface area contributed by atoms with Crippen LogP contribution in [0.1, 0.15) is 31.2 Å². The molecule has 0 bridgehead atoms. The number of piperidine rings is 1. The molecule has 0 aromatic heterocycles. The van der Waals surface area contributed by atoms with E-state index in [9.17, 15) is 0 Å². The first-order chi connectivity index (χ1) is 12.7. The number of anilines is 1. The van der Waals surface area contributed by atoms with Crippen LogP contribution in [0.5, 0.6) is 0 Å². The molecule has 2 heterocycles. The Hall–Kier alpha value is -2.04. The third-order valence-corrected chi connectivity index (χ3v) is 6.25. The molecule has 1 saturated heterocycles. The quantitative estimate of drug-likeness (QED) is 0.746. The molecule has 5 rings (SSSR count). The maximum absolute atomic E-state index is 6.52. The minimum atomic E-state index is -0.129. The summed E-state index contributed by atoms with van der Waals surface area (Å²) in [6, 6.07) is 16.5. The molecular formula is C21H23ClN4. The van der Waals surface area contributed by atoms with Gasteiger partial charge in [-0.2, -0.15) is 0 Å². The van der Waals surface area contributed by atoms with Crippen molar-refractivity contribution in [1.29, 1.82) is 0 Å². The SMILES string of the molecule is Clc1ccccc1C1(NC2=Nc3ccccc3NC23CCNCC3)CC1. The average molecular weight is 367 g/mol. The zero-order valence-electron chi connectivity index (χ0n) is 14.7. The molecule has 3 N–H and O–H groups in total. The van der Waals surface area contributed by atoms with Crippen LogP contribution in [0.15, 0.2) is 53.5 Å². The van der Waals surface area contributed by atoms with Crippen LogP contribution in [0.4, 0.5) is 11.4 Å². The van der Waals surface area contributed by atoms with Gasteiger partial charge in [0.05, 0.1) is 22.5 Å². The van der Waals surface area contributed by atoms with Crippen molar-refractivity contribution in [2.75, 3.05) is 18.4 Å². The van der Waals surface area contributed by atoms with Gasteiger partial charge in [-0.25, -0.2) is 4.99 Å². The van der Waals surface area contributed by atoms with Crippen molar-refractivity contribution in [2.24, 2.45) is 4.99 Å². The van der Waals surface area contributed by atoms with Crippen molar-refractivity contribution in [3.8, 4) is 0 Å². The molecule has 26 heavy (non-hydrogen) atoms. The standard InChI is InChI=1S/C21H23ClN4/c22-16-6-2-1-5-15(16)20(9-10-20)26-19-21(11-13-23-14-12-21)25-18-8-4-3-7-17(18)24-19/h1-8,23,25H,9-14H2,(H,24,26). The molecule has 134 valence electrons. The van der Waals surface area contributed by atoms with Gasteiger partial charge in [0.2, 0.25) is 0 Å². The van der Waals surface area contributed by atoms with Crippen molar-refractivity contribution in [3.05, 3.63) is 59.1 Å². The number of rotatable bonds is 2. The van der Waals surface area contributed by atoms with E-state index in [0.29, 0.717) is 0 Å². The zero-order chi connectivity index (χ0) is 17.6. The van der Waals surface area contributed by atoms with E-state index in [2.05, 4.69) is 46.3 Å². The normalized spacial score (nSPS) is 22.1. The van der Waals surface area contributed by atoms with Crippen molar-refractivity contribution >= 4 is 28.8 Å². The summed E-state index contributed by atoms with van der Waals surface area (Å²) in [6.45, 7) is 1.99. The van der Waals surface area contributed by atoms with Crippen LogP contribution in [0.3, 0.4) is 0 Å². The first-order valence-electron chi connectivity index (χ1n) is 9.41. The van der Waals surface area contributed by atoms with Gasteiger partial charge in [-0.05, 0) is 62.5 Å². The molecule has 2 aromatic carbocycles. The third-order valence-electron chi connectivity index (χ3n) is 5.92. The number of para-hydroxylation sites is 2. The highest BCUT2D eigenvalue weighted by atomic mass is 35.5. The maximum atomic E-state index is 6.52. The van der Waals surface area contributed by atoms with Crippen molar-refractivity contribution in [2.45, 2.75) is 36.8 Å². The minimum absolute atomic E-state index is 0.0803. The lowest BCUT2D eigenvalue weighted by Gasteiger charge is -2.44. The number of hydrogen-bond donors (Lipinski definition) is 3. The lowest BCUT2D eigenvalue weighted by molar-refractivity contribution is 0.406. The van der Waals surface area contributed by atoms with E-state index in [1.165, 1.54) is 5.56 Å². The number of fused-ring (bicyclic) bond motifs is 1. The van der Waals surface area contributed by atoms with Crippen LogP contribution >= 0.6 is 11.6 Å². The number of nitrogens with one attached hydrogen (secondary N) is 3. The monoisotopic (exact) mass is 366 g/mol. The topological polar surface area (TPSA) is 48.5 Å². The van der Waals surface area contributed by atoms with Crippen molar-refractivity contribution < 1.29 is 0 Å². The molecule has 0 unspecified atom stereocenters. The molecule has 0 amide bonds. The van der Waals surface area contributed by atoms with Crippen LogP contribution in [0, 0.1) is 0 Å². The van der Waals surface area contributed by atoms with Gasteiger partial charge in [0.25, 0.3) is 0 Å². The minimum Gasteiger partial charge on any atom is -0.371 e. The number of aliphatic imine (C=N–C) groups is 1. The molecule has 0 radical (unpaired) electrons. The highest BCUT2D eigenvalue weighted by molar-refractivity contribution is 6.31. The highest BCUT2D eigenvalue weighted by Gasteiger charge is 2.50. The van der Waals surface area contributed by atoms with Crippen LogP contribution < -0.4 is 16.0 Å². The van der Waals surface area contributed by atoms with E-state index in [1.807, 2.05) is 18.2 Å². The fraction of sp³-hybridized carbons (Fsp3) is 0.381. The first-order valence-corrected chi connectivity index (χ1v) is 9.79. The van der Waals surface area contributed by atoms with E-state index in [1.54, 1.807) is 0 Å². The third kappa shape index (κ3) is 2.60. The van der Waals surface area contributed by atoms with Gasteiger partial charge >= 0.3 is 0 Å². The molecule has 3 aliphatic rings. The van der Waals surface area contributed by atoms with Crippen LogP contribution in [0.25, 0.3) is 0 Å². The molecule has 5 heteroatoms.